The quantitative estimate of drug-likeness (QED) is 0.625. The largest absolute Gasteiger partial charge is 0.313 e. The fourth-order valence-corrected chi connectivity index (χ4v) is 1.20. The Hall–Kier alpha value is -1.52. The standard InChI is InChI=1S/C8H9FN4/c1-5(2)13-4-12-6-7(9)10-3-11-8(6)13/h3-5H,1-2H3. The molecule has 2 rings (SSSR count). The predicted octanol–water partition coefficient (Wildman–Crippen LogP) is 1.55. The van der Waals surface area contributed by atoms with Crippen LogP contribution in [-0.2, 0) is 0 Å². The molecule has 0 radical (unpaired) electrons. The summed E-state index contributed by atoms with van der Waals surface area (Å²) in [4.78, 5) is 11.3. The number of rotatable bonds is 1. The first-order valence-corrected chi connectivity index (χ1v) is 4.03. The van der Waals surface area contributed by atoms with Gasteiger partial charge in [0.1, 0.15) is 6.33 Å². The minimum atomic E-state index is -0.565. The van der Waals surface area contributed by atoms with Gasteiger partial charge >= 0.3 is 0 Å². The number of aromatic nitrogens is 4. The predicted molar refractivity (Wildman–Crippen MR) is 45.7 cm³/mol. The van der Waals surface area contributed by atoms with E-state index in [1.165, 1.54) is 6.33 Å². The molecule has 0 saturated heterocycles. The minimum absolute atomic E-state index is 0.222. The highest BCUT2D eigenvalue weighted by Crippen LogP contribution is 2.15. The van der Waals surface area contributed by atoms with Gasteiger partial charge in [-0.1, -0.05) is 0 Å². The van der Waals surface area contributed by atoms with Crippen LogP contribution in [0.2, 0.25) is 0 Å². The van der Waals surface area contributed by atoms with Crippen molar-refractivity contribution in [1.82, 2.24) is 19.5 Å². The maximum absolute atomic E-state index is 13.0. The molecule has 2 heterocycles. The molecule has 0 aliphatic carbocycles. The molecule has 0 aromatic carbocycles. The van der Waals surface area contributed by atoms with Crippen LogP contribution in [0.25, 0.3) is 11.2 Å². The van der Waals surface area contributed by atoms with Crippen LogP contribution >= 0.6 is 0 Å². The van der Waals surface area contributed by atoms with Crippen molar-refractivity contribution in [1.29, 1.82) is 0 Å². The monoisotopic (exact) mass is 180 g/mol. The summed E-state index contributed by atoms with van der Waals surface area (Å²) in [6.45, 7) is 3.97. The molecule has 0 aliphatic heterocycles. The highest BCUT2D eigenvalue weighted by Gasteiger charge is 2.10. The SMILES string of the molecule is CC(C)n1cnc2c(F)ncnc21. The van der Waals surface area contributed by atoms with Gasteiger partial charge in [0.15, 0.2) is 11.2 Å². The van der Waals surface area contributed by atoms with E-state index in [1.54, 1.807) is 10.9 Å². The van der Waals surface area contributed by atoms with Crippen LogP contribution in [0.5, 0.6) is 0 Å². The molecule has 0 bridgehead atoms. The Morgan fingerprint density at radius 2 is 2.08 bits per heavy atom. The molecule has 0 unspecified atom stereocenters. The summed E-state index contributed by atoms with van der Waals surface area (Å²) in [5.74, 6) is -0.565. The lowest BCUT2D eigenvalue weighted by molar-refractivity contribution is 0.588. The Labute approximate surface area is 74.5 Å². The molecule has 2 aromatic rings. The Kier molecular flexibility index (Phi) is 1.72. The van der Waals surface area contributed by atoms with E-state index in [4.69, 9.17) is 0 Å². The highest BCUT2D eigenvalue weighted by molar-refractivity contribution is 5.69. The maximum atomic E-state index is 13.0. The maximum Gasteiger partial charge on any atom is 0.244 e. The van der Waals surface area contributed by atoms with Crippen molar-refractivity contribution in [2.75, 3.05) is 0 Å². The van der Waals surface area contributed by atoms with E-state index in [0.717, 1.165) is 0 Å². The normalized spacial score (nSPS) is 11.4. The van der Waals surface area contributed by atoms with Gasteiger partial charge in [-0.15, -0.1) is 0 Å². The van der Waals surface area contributed by atoms with E-state index in [2.05, 4.69) is 15.0 Å². The van der Waals surface area contributed by atoms with E-state index < -0.39 is 5.95 Å². The van der Waals surface area contributed by atoms with Gasteiger partial charge in [0, 0.05) is 6.04 Å². The Morgan fingerprint density at radius 3 is 2.77 bits per heavy atom. The van der Waals surface area contributed by atoms with Crippen molar-refractivity contribution < 1.29 is 4.39 Å². The van der Waals surface area contributed by atoms with Crippen molar-refractivity contribution >= 4 is 11.2 Å². The molecule has 68 valence electrons. The zero-order valence-electron chi connectivity index (χ0n) is 7.40. The van der Waals surface area contributed by atoms with Crippen LogP contribution in [0.4, 0.5) is 4.39 Å². The molecule has 2 aromatic heterocycles. The fraction of sp³-hybridized carbons (Fsp3) is 0.375. The molecular formula is C8H9FN4. The molecule has 5 heteroatoms. The molecule has 0 fully saturated rings. The second-order valence-electron chi connectivity index (χ2n) is 3.08. The van der Waals surface area contributed by atoms with E-state index in [-0.39, 0.29) is 11.6 Å². The zero-order valence-corrected chi connectivity index (χ0v) is 7.40. The first-order valence-electron chi connectivity index (χ1n) is 4.03. The number of hydrogen-bond donors (Lipinski definition) is 0. The molecule has 0 atom stereocenters. The van der Waals surface area contributed by atoms with Gasteiger partial charge in [-0.3, -0.25) is 0 Å². The topological polar surface area (TPSA) is 43.6 Å². The van der Waals surface area contributed by atoms with E-state index in [0.29, 0.717) is 5.65 Å². The van der Waals surface area contributed by atoms with Crippen LogP contribution < -0.4 is 0 Å². The lowest BCUT2D eigenvalue weighted by Gasteiger charge is -2.05. The molecule has 0 saturated carbocycles. The third-order valence-electron chi connectivity index (χ3n) is 1.87. The van der Waals surface area contributed by atoms with Crippen LogP contribution in [0, 0.1) is 5.95 Å². The van der Waals surface area contributed by atoms with Crippen molar-refractivity contribution in [2.45, 2.75) is 19.9 Å². The lowest BCUT2D eigenvalue weighted by atomic mass is 10.4. The smallest absolute Gasteiger partial charge is 0.244 e. The summed E-state index contributed by atoms with van der Waals surface area (Å²) in [6, 6.07) is 0.222. The number of nitrogens with zero attached hydrogens (tertiary/aromatic N) is 4. The summed E-state index contributed by atoms with van der Waals surface area (Å²) in [5.41, 5.74) is 0.777. The number of fused-ring (bicyclic) bond motifs is 1. The van der Waals surface area contributed by atoms with Gasteiger partial charge < -0.3 is 4.57 Å². The Bertz CT molecular complexity index is 435. The molecular weight excluding hydrogens is 171 g/mol. The average Bonchev–Trinajstić information content (AvgIpc) is 2.48. The molecule has 0 spiro atoms. The molecule has 13 heavy (non-hydrogen) atoms. The second-order valence-corrected chi connectivity index (χ2v) is 3.08. The van der Waals surface area contributed by atoms with E-state index >= 15 is 0 Å². The van der Waals surface area contributed by atoms with Crippen LogP contribution in [0.15, 0.2) is 12.7 Å². The average molecular weight is 180 g/mol. The van der Waals surface area contributed by atoms with E-state index in [9.17, 15) is 4.39 Å². The van der Waals surface area contributed by atoms with E-state index in [1.807, 2.05) is 13.8 Å². The van der Waals surface area contributed by atoms with Gasteiger partial charge in [-0.2, -0.15) is 4.39 Å². The van der Waals surface area contributed by atoms with Crippen molar-refractivity contribution in [3.8, 4) is 0 Å². The zero-order chi connectivity index (χ0) is 9.42. The van der Waals surface area contributed by atoms with Crippen LogP contribution in [0.3, 0.4) is 0 Å². The summed E-state index contributed by atoms with van der Waals surface area (Å²) in [5, 5.41) is 0. The van der Waals surface area contributed by atoms with Crippen LogP contribution in [-0.4, -0.2) is 19.5 Å². The minimum Gasteiger partial charge on any atom is -0.313 e. The molecule has 0 N–H and O–H groups in total. The summed E-state index contributed by atoms with van der Waals surface area (Å²) in [7, 11) is 0. The molecule has 0 amide bonds. The van der Waals surface area contributed by atoms with Gasteiger partial charge in [-0.05, 0) is 13.8 Å². The number of hydrogen-bond acceptors (Lipinski definition) is 3. The van der Waals surface area contributed by atoms with Gasteiger partial charge in [0.2, 0.25) is 5.95 Å². The van der Waals surface area contributed by atoms with Crippen molar-refractivity contribution in [2.24, 2.45) is 0 Å². The third kappa shape index (κ3) is 1.16. The number of halogens is 1. The van der Waals surface area contributed by atoms with Crippen molar-refractivity contribution in [3.05, 3.63) is 18.6 Å². The summed E-state index contributed by atoms with van der Waals surface area (Å²) in [6.07, 6.45) is 2.78. The van der Waals surface area contributed by atoms with Crippen molar-refractivity contribution in [3.63, 3.8) is 0 Å². The lowest BCUT2D eigenvalue weighted by Crippen LogP contribution is -2.00. The summed E-state index contributed by atoms with van der Waals surface area (Å²) < 4.78 is 14.8. The second kappa shape index (κ2) is 2.76. The first kappa shape index (κ1) is 8.10. The Morgan fingerprint density at radius 1 is 1.31 bits per heavy atom. The van der Waals surface area contributed by atoms with Gasteiger partial charge in [0.25, 0.3) is 0 Å². The molecule has 4 nitrogen and oxygen atoms in total. The Balaban J connectivity index is 2.75. The first-order chi connectivity index (χ1) is 6.20. The van der Waals surface area contributed by atoms with Gasteiger partial charge in [0.05, 0.1) is 6.33 Å². The summed E-state index contributed by atoms with van der Waals surface area (Å²) >= 11 is 0. The third-order valence-corrected chi connectivity index (χ3v) is 1.87. The highest BCUT2D eigenvalue weighted by atomic mass is 19.1. The fourth-order valence-electron chi connectivity index (χ4n) is 1.20. The number of imidazole rings is 1. The molecule has 0 aliphatic rings. The van der Waals surface area contributed by atoms with Crippen LogP contribution in [0.1, 0.15) is 19.9 Å². The van der Waals surface area contributed by atoms with Gasteiger partial charge in [-0.25, -0.2) is 15.0 Å².